The van der Waals surface area contributed by atoms with E-state index in [1.54, 1.807) is 12.1 Å². The highest BCUT2D eigenvalue weighted by Crippen LogP contribution is 2.37. The third-order valence-corrected chi connectivity index (χ3v) is 7.32. The van der Waals surface area contributed by atoms with E-state index in [9.17, 15) is 13.2 Å². The van der Waals surface area contributed by atoms with Gasteiger partial charge in [-0.15, -0.1) is 0 Å². The first kappa shape index (κ1) is 26.7. The Morgan fingerprint density at radius 2 is 1.47 bits per heavy atom. The Morgan fingerprint density at radius 1 is 0.833 bits per heavy atom. The average Bonchev–Trinajstić information content (AvgIpc) is 2.91. The lowest BCUT2D eigenvalue weighted by Crippen LogP contribution is -2.41. The van der Waals surface area contributed by atoms with Gasteiger partial charge in [0.25, 0.3) is 10.0 Å². The molecule has 0 saturated heterocycles. The lowest BCUT2D eigenvalue weighted by Gasteiger charge is -2.27. The Balaban J connectivity index is 2.06. The van der Waals surface area contributed by atoms with Crippen LogP contribution >= 0.6 is 0 Å². The summed E-state index contributed by atoms with van der Waals surface area (Å²) in [6.45, 7) is 1.32. The van der Waals surface area contributed by atoms with Gasteiger partial charge in [-0.1, -0.05) is 30.3 Å². The highest BCUT2D eigenvalue weighted by Gasteiger charge is 2.31. The van der Waals surface area contributed by atoms with Gasteiger partial charge in [0.1, 0.15) is 18.0 Å². The molecule has 0 aliphatic carbocycles. The Bertz CT molecular complexity index is 1300. The molecule has 0 fully saturated rings. The maximum absolute atomic E-state index is 13.9. The summed E-state index contributed by atoms with van der Waals surface area (Å²) < 4.78 is 50.1. The smallest absolute Gasteiger partial charge is 0.265 e. The predicted molar refractivity (Wildman–Crippen MR) is 137 cm³/mol. The van der Waals surface area contributed by atoms with Crippen LogP contribution in [0, 0.1) is 0 Å². The van der Waals surface area contributed by atoms with Crippen LogP contribution in [0.4, 0.5) is 5.69 Å². The van der Waals surface area contributed by atoms with Gasteiger partial charge in [0, 0.05) is 12.1 Å². The lowest BCUT2D eigenvalue weighted by atomic mass is 10.1. The van der Waals surface area contributed by atoms with Crippen molar-refractivity contribution in [2.45, 2.75) is 17.9 Å². The number of sulfonamides is 1. The van der Waals surface area contributed by atoms with Crippen molar-refractivity contribution in [3.05, 3.63) is 72.3 Å². The number of benzene rings is 3. The summed E-state index contributed by atoms with van der Waals surface area (Å²) in [4.78, 5) is 13.0. The highest BCUT2D eigenvalue weighted by molar-refractivity contribution is 7.92. The molecule has 1 atom stereocenters. The van der Waals surface area contributed by atoms with Gasteiger partial charge < -0.3 is 24.3 Å². The molecule has 3 aromatic rings. The van der Waals surface area contributed by atoms with Crippen LogP contribution in [-0.2, 0) is 14.8 Å². The molecule has 0 spiro atoms. The van der Waals surface area contributed by atoms with Crippen LogP contribution in [0.25, 0.3) is 0 Å². The molecule has 3 rings (SSSR count). The Hall–Kier alpha value is -3.92. The van der Waals surface area contributed by atoms with Crippen LogP contribution in [0.3, 0.4) is 0 Å². The molecule has 0 aliphatic rings. The van der Waals surface area contributed by atoms with Crippen molar-refractivity contribution in [1.29, 1.82) is 0 Å². The van der Waals surface area contributed by atoms with Gasteiger partial charge in [-0.05, 0) is 36.8 Å². The van der Waals surface area contributed by atoms with E-state index in [2.05, 4.69) is 5.32 Å². The van der Waals surface area contributed by atoms with E-state index < -0.39 is 22.5 Å². The predicted octanol–water partition coefficient (Wildman–Crippen LogP) is 3.79. The fourth-order valence-corrected chi connectivity index (χ4v) is 5.08. The summed E-state index contributed by atoms with van der Waals surface area (Å²) >= 11 is 0. The minimum atomic E-state index is -4.26. The number of nitrogens with one attached hydrogen (secondary N) is 1. The first-order chi connectivity index (χ1) is 17.2. The lowest BCUT2D eigenvalue weighted by molar-refractivity contribution is -0.120. The van der Waals surface area contributed by atoms with E-state index in [0.29, 0.717) is 11.5 Å². The number of carbonyl (C=O) groups excluding carboxylic acids is 1. The van der Waals surface area contributed by atoms with Gasteiger partial charge in [-0.25, -0.2) is 8.42 Å². The van der Waals surface area contributed by atoms with E-state index in [1.165, 1.54) is 52.7 Å². The summed E-state index contributed by atoms with van der Waals surface area (Å²) in [6.07, 6.45) is 0. The maximum Gasteiger partial charge on any atom is 0.265 e. The van der Waals surface area contributed by atoms with Crippen molar-refractivity contribution < 1.29 is 32.2 Å². The largest absolute Gasteiger partial charge is 0.497 e. The van der Waals surface area contributed by atoms with Gasteiger partial charge in [0.15, 0.2) is 11.5 Å². The van der Waals surface area contributed by atoms with Crippen molar-refractivity contribution in [2.75, 3.05) is 39.3 Å². The highest BCUT2D eigenvalue weighted by atomic mass is 32.2. The van der Waals surface area contributed by atoms with E-state index in [-0.39, 0.29) is 28.1 Å². The molecule has 0 aromatic heterocycles. The number of ether oxygens (including phenoxy) is 4. The third-order valence-electron chi connectivity index (χ3n) is 5.56. The number of anilines is 1. The third kappa shape index (κ3) is 5.83. The second-order valence-corrected chi connectivity index (χ2v) is 9.63. The number of hydrogen-bond acceptors (Lipinski definition) is 7. The van der Waals surface area contributed by atoms with Crippen molar-refractivity contribution >= 4 is 21.6 Å². The van der Waals surface area contributed by atoms with Crippen molar-refractivity contribution in [2.24, 2.45) is 0 Å². The zero-order valence-corrected chi connectivity index (χ0v) is 21.7. The molecule has 1 N–H and O–H groups in total. The Kier molecular flexibility index (Phi) is 8.65. The van der Waals surface area contributed by atoms with E-state index in [0.717, 1.165) is 9.87 Å². The number of nitrogens with zero attached hydrogens (tertiary/aromatic N) is 1. The monoisotopic (exact) mass is 514 g/mol. The fourth-order valence-electron chi connectivity index (χ4n) is 3.64. The fraction of sp³-hybridized carbons (Fsp3) is 0.269. The van der Waals surface area contributed by atoms with Crippen LogP contribution < -0.4 is 28.6 Å². The molecule has 3 aromatic carbocycles. The maximum atomic E-state index is 13.9. The molecule has 10 heteroatoms. The molecule has 0 saturated carbocycles. The van der Waals surface area contributed by atoms with E-state index in [1.807, 2.05) is 37.3 Å². The first-order valence-electron chi connectivity index (χ1n) is 11.1. The van der Waals surface area contributed by atoms with Crippen molar-refractivity contribution in [3.8, 4) is 23.0 Å². The summed E-state index contributed by atoms with van der Waals surface area (Å²) in [6, 6.07) is 18.0. The van der Waals surface area contributed by atoms with Gasteiger partial charge in [0.2, 0.25) is 5.91 Å². The minimum Gasteiger partial charge on any atom is -0.497 e. The second kappa shape index (κ2) is 11.7. The van der Waals surface area contributed by atoms with Gasteiger partial charge in [-0.3, -0.25) is 9.10 Å². The SMILES string of the molecule is COc1ccc(OC)c(N(CC(=O)N[C@H](C)c2ccccc2)S(=O)(=O)c2ccc(OC)c(OC)c2)c1. The van der Waals surface area contributed by atoms with Crippen molar-refractivity contribution in [1.82, 2.24) is 5.32 Å². The van der Waals surface area contributed by atoms with Crippen LogP contribution in [0.15, 0.2) is 71.6 Å². The quantitative estimate of drug-likeness (QED) is 0.415. The first-order valence-corrected chi connectivity index (χ1v) is 12.5. The van der Waals surface area contributed by atoms with Gasteiger partial charge >= 0.3 is 0 Å². The molecule has 0 aliphatic heterocycles. The number of carbonyl (C=O) groups is 1. The standard InChI is InChI=1S/C26H30N2O7S/c1-18(19-9-7-6-8-10-19)27-26(29)17-28(22-15-20(32-2)11-13-23(22)33-3)36(30,31)21-12-14-24(34-4)25(16-21)35-5/h6-16,18H,17H2,1-5H3,(H,27,29)/t18-/m1/s1. The number of methoxy groups -OCH3 is 4. The molecule has 1 amide bonds. The van der Waals surface area contributed by atoms with E-state index >= 15 is 0 Å². The second-order valence-electron chi connectivity index (χ2n) is 7.77. The molecular weight excluding hydrogens is 484 g/mol. The zero-order chi connectivity index (χ0) is 26.3. The molecule has 36 heavy (non-hydrogen) atoms. The Morgan fingerprint density at radius 3 is 2.08 bits per heavy atom. The van der Waals surface area contributed by atoms with E-state index in [4.69, 9.17) is 18.9 Å². The molecular formula is C26H30N2O7S. The summed E-state index contributed by atoms with van der Waals surface area (Å²) in [5.41, 5.74) is 1.04. The van der Waals surface area contributed by atoms with Gasteiger partial charge in [-0.2, -0.15) is 0 Å². The average molecular weight is 515 g/mol. The van der Waals surface area contributed by atoms with Crippen LogP contribution in [0.1, 0.15) is 18.5 Å². The summed E-state index contributed by atoms with van der Waals surface area (Å²) in [5, 5.41) is 2.87. The number of rotatable bonds is 11. The molecule has 0 bridgehead atoms. The van der Waals surface area contributed by atoms with Crippen LogP contribution in [-0.4, -0.2) is 49.3 Å². The number of hydrogen-bond donors (Lipinski definition) is 1. The van der Waals surface area contributed by atoms with Gasteiger partial charge in [0.05, 0.1) is 45.1 Å². The molecule has 9 nitrogen and oxygen atoms in total. The molecule has 0 radical (unpaired) electrons. The van der Waals surface area contributed by atoms with Crippen molar-refractivity contribution in [3.63, 3.8) is 0 Å². The van der Waals surface area contributed by atoms with Crippen LogP contribution in [0.5, 0.6) is 23.0 Å². The summed E-state index contributed by atoms with van der Waals surface area (Å²) in [7, 11) is 1.49. The molecule has 192 valence electrons. The Labute approximate surface area is 211 Å². The zero-order valence-electron chi connectivity index (χ0n) is 20.8. The van der Waals surface area contributed by atoms with Crippen LogP contribution in [0.2, 0.25) is 0 Å². The normalized spacial score (nSPS) is 11.8. The molecule has 0 unspecified atom stereocenters. The summed E-state index contributed by atoms with van der Waals surface area (Å²) in [5.74, 6) is 0.759. The molecule has 0 heterocycles. The number of amides is 1. The minimum absolute atomic E-state index is 0.0890. The topological polar surface area (TPSA) is 103 Å².